The molecule has 1 aromatic carbocycles. The van der Waals surface area contributed by atoms with Crippen molar-refractivity contribution in [3.63, 3.8) is 0 Å². The van der Waals surface area contributed by atoms with Crippen molar-refractivity contribution in [3.8, 4) is 0 Å². The average molecular weight is 323 g/mol. The number of hydrogen-bond acceptors (Lipinski definition) is 5. The van der Waals surface area contributed by atoms with Gasteiger partial charge in [-0.25, -0.2) is 4.98 Å². The van der Waals surface area contributed by atoms with Gasteiger partial charge in [0.2, 0.25) is 5.95 Å². The van der Waals surface area contributed by atoms with Crippen LogP contribution >= 0.6 is 0 Å². The number of β-amino-alcohol motifs (C(OH)–C–C–N with tert-alkyl or cyclic N) is 1. The minimum atomic E-state index is -0.252. The fraction of sp³-hybridized carbons (Fsp3) is 0.333. The Morgan fingerprint density at radius 3 is 3.08 bits per heavy atom. The molecule has 1 aliphatic heterocycles. The molecule has 0 spiro atoms. The molecule has 6 heteroatoms. The number of aliphatic hydroxyl groups excluding tert-OH is 1. The van der Waals surface area contributed by atoms with E-state index in [2.05, 4.69) is 49.6 Å². The summed E-state index contributed by atoms with van der Waals surface area (Å²) in [6.45, 7) is 2.26. The molecule has 1 saturated heterocycles. The van der Waals surface area contributed by atoms with Crippen LogP contribution in [-0.2, 0) is 6.42 Å². The summed E-state index contributed by atoms with van der Waals surface area (Å²) in [5.41, 5.74) is 2.45. The van der Waals surface area contributed by atoms with E-state index in [1.54, 1.807) is 6.20 Å². The smallest absolute Gasteiger partial charge is 0.224 e. The van der Waals surface area contributed by atoms with Crippen LogP contribution in [0.3, 0.4) is 0 Å². The van der Waals surface area contributed by atoms with Gasteiger partial charge >= 0.3 is 0 Å². The number of para-hydroxylation sites is 1. The lowest BCUT2D eigenvalue weighted by Crippen LogP contribution is -2.22. The fourth-order valence-corrected chi connectivity index (χ4v) is 3.21. The molecule has 1 fully saturated rings. The standard InChI is InChI=1S/C18H21N5O/c24-14-7-10-23(12-14)17-6-9-20-18(22-17)19-8-5-13-11-21-16-4-2-1-3-15(13)16/h1-4,6,9,11,14,21,24H,5,7-8,10,12H2,(H,19,20,22)/t14-/m0/s1. The quantitative estimate of drug-likeness (QED) is 0.671. The third kappa shape index (κ3) is 3.05. The van der Waals surface area contributed by atoms with E-state index < -0.39 is 0 Å². The number of nitrogens with zero attached hydrogens (tertiary/aromatic N) is 3. The van der Waals surface area contributed by atoms with Crippen LogP contribution in [-0.4, -0.2) is 45.8 Å². The van der Waals surface area contributed by atoms with Crippen LogP contribution in [0.15, 0.2) is 42.7 Å². The van der Waals surface area contributed by atoms with Crippen LogP contribution in [0.1, 0.15) is 12.0 Å². The van der Waals surface area contributed by atoms with Crippen molar-refractivity contribution in [2.75, 3.05) is 29.9 Å². The monoisotopic (exact) mass is 323 g/mol. The number of fused-ring (bicyclic) bond motifs is 1. The van der Waals surface area contributed by atoms with Gasteiger partial charge in [0.1, 0.15) is 5.82 Å². The zero-order valence-corrected chi connectivity index (χ0v) is 13.4. The van der Waals surface area contributed by atoms with E-state index >= 15 is 0 Å². The second kappa shape index (κ2) is 6.49. The maximum Gasteiger partial charge on any atom is 0.224 e. The highest BCUT2D eigenvalue weighted by Crippen LogP contribution is 2.20. The molecule has 3 N–H and O–H groups in total. The zero-order valence-electron chi connectivity index (χ0n) is 13.4. The highest BCUT2D eigenvalue weighted by atomic mass is 16.3. The maximum absolute atomic E-state index is 9.66. The molecule has 1 atom stereocenters. The molecular weight excluding hydrogens is 302 g/mol. The molecule has 0 aliphatic carbocycles. The molecular formula is C18H21N5O. The Kier molecular flexibility index (Phi) is 4.04. The predicted octanol–water partition coefficient (Wildman–Crippen LogP) is 2.18. The van der Waals surface area contributed by atoms with Gasteiger partial charge in [-0.2, -0.15) is 4.98 Å². The zero-order chi connectivity index (χ0) is 16.4. The first-order valence-corrected chi connectivity index (χ1v) is 8.34. The summed E-state index contributed by atoms with van der Waals surface area (Å²) in [7, 11) is 0. The van der Waals surface area contributed by atoms with Crippen molar-refractivity contribution in [1.29, 1.82) is 0 Å². The molecule has 3 heterocycles. The van der Waals surface area contributed by atoms with E-state index in [1.807, 2.05) is 12.1 Å². The molecule has 0 bridgehead atoms. The van der Waals surface area contributed by atoms with Crippen molar-refractivity contribution in [3.05, 3.63) is 48.3 Å². The fourth-order valence-electron chi connectivity index (χ4n) is 3.21. The normalized spacial score (nSPS) is 17.5. The Bertz CT molecular complexity index is 831. The van der Waals surface area contributed by atoms with Crippen molar-refractivity contribution in [1.82, 2.24) is 15.0 Å². The Labute approximate surface area is 140 Å². The molecule has 6 nitrogen and oxygen atoms in total. The van der Waals surface area contributed by atoms with Crippen LogP contribution in [0.4, 0.5) is 11.8 Å². The molecule has 2 aromatic heterocycles. The van der Waals surface area contributed by atoms with Gasteiger partial charge in [0.25, 0.3) is 0 Å². The Morgan fingerprint density at radius 1 is 1.29 bits per heavy atom. The number of anilines is 2. The highest BCUT2D eigenvalue weighted by molar-refractivity contribution is 5.83. The molecule has 4 rings (SSSR count). The molecule has 124 valence electrons. The van der Waals surface area contributed by atoms with Gasteiger partial charge in [-0.05, 0) is 30.5 Å². The molecule has 0 amide bonds. The first kappa shape index (κ1) is 15.0. The minimum absolute atomic E-state index is 0.252. The summed E-state index contributed by atoms with van der Waals surface area (Å²) in [5, 5.41) is 14.2. The van der Waals surface area contributed by atoms with E-state index in [9.17, 15) is 5.11 Å². The number of H-pyrrole nitrogens is 1. The van der Waals surface area contributed by atoms with E-state index in [0.29, 0.717) is 12.5 Å². The van der Waals surface area contributed by atoms with Crippen molar-refractivity contribution in [2.45, 2.75) is 18.9 Å². The van der Waals surface area contributed by atoms with Gasteiger partial charge in [0.05, 0.1) is 6.10 Å². The van der Waals surface area contributed by atoms with Gasteiger partial charge in [-0.15, -0.1) is 0 Å². The van der Waals surface area contributed by atoms with Crippen LogP contribution < -0.4 is 10.2 Å². The van der Waals surface area contributed by atoms with Crippen molar-refractivity contribution in [2.24, 2.45) is 0 Å². The second-order valence-corrected chi connectivity index (χ2v) is 6.16. The number of aromatic amines is 1. The number of rotatable bonds is 5. The first-order chi connectivity index (χ1) is 11.8. The van der Waals surface area contributed by atoms with Crippen LogP contribution in [0.5, 0.6) is 0 Å². The van der Waals surface area contributed by atoms with E-state index in [4.69, 9.17) is 0 Å². The molecule has 3 aromatic rings. The lowest BCUT2D eigenvalue weighted by atomic mass is 10.1. The van der Waals surface area contributed by atoms with Crippen LogP contribution in [0, 0.1) is 0 Å². The summed E-state index contributed by atoms with van der Waals surface area (Å²) in [6.07, 6.45) is 5.28. The number of benzene rings is 1. The molecule has 0 radical (unpaired) electrons. The van der Waals surface area contributed by atoms with Crippen molar-refractivity contribution < 1.29 is 5.11 Å². The summed E-state index contributed by atoms with van der Waals surface area (Å²) in [6, 6.07) is 10.2. The number of nitrogens with one attached hydrogen (secondary N) is 2. The lowest BCUT2D eigenvalue weighted by Gasteiger charge is -2.17. The predicted molar refractivity (Wildman–Crippen MR) is 95.4 cm³/mol. The Balaban J connectivity index is 1.39. The van der Waals surface area contributed by atoms with Gasteiger partial charge in [0.15, 0.2) is 0 Å². The van der Waals surface area contributed by atoms with Gasteiger partial charge in [0, 0.05) is 42.9 Å². The minimum Gasteiger partial charge on any atom is -0.391 e. The topological polar surface area (TPSA) is 77.1 Å². The van der Waals surface area contributed by atoms with Gasteiger partial charge in [-0.3, -0.25) is 0 Å². The third-order valence-corrected chi connectivity index (χ3v) is 4.48. The van der Waals surface area contributed by atoms with Crippen LogP contribution in [0.25, 0.3) is 10.9 Å². The van der Waals surface area contributed by atoms with Crippen molar-refractivity contribution >= 4 is 22.7 Å². The van der Waals surface area contributed by atoms with E-state index in [-0.39, 0.29) is 6.10 Å². The van der Waals surface area contributed by atoms with Gasteiger partial charge in [-0.1, -0.05) is 18.2 Å². The van der Waals surface area contributed by atoms with Gasteiger partial charge < -0.3 is 20.3 Å². The van der Waals surface area contributed by atoms with Crippen LogP contribution in [0.2, 0.25) is 0 Å². The third-order valence-electron chi connectivity index (χ3n) is 4.48. The SMILES string of the molecule is O[C@H]1CCN(c2ccnc(NCCc3c[nH]c4ccccc34)n2)C1. The molecule has 24 heavy (non-hydrogen) atoms. The lowest BCUT2D eigenvalue weighted by molar-refractivity contribution is 0.198. The largest absolute Gasteiger partial charge is 0.391 e. The Morgan fingerprint density at radius 2 is 2.21 bits per heavy atom. The first-order valence-electron chi connectivity index (χ1n) is 8.34. The number of hydrogen-bond donors (Lipinski definition) is 3. The number of aromatic nitrogens is 3. The van der Waals surface area contributed by atoms with E-state index in [0.717, 1.165) is 31.7 Å². The summed E-state index contributed by atoms with van der Waals surface area (Å²) >= 11 is 0. The Hall–Kier alpha value is -2.60. The highest BCUT2D eigenvalue weighted by Gasteiger charge is 2.21. The maximum atomic E-state index is 9.66. The summed E-state index contributed by atoms with van der Waals surface area (Å²) < 4.78 is 0. The molecule has 0 saturated carbocycles. The number of aliphatic hydroxyl groups is 1. The summed E-state index contributed by atoms with van der Waals surface area (Å²) in [5.74, 6) is 1.50. The molecule has 1 aliphatic rings. The van der Waals surface area contributed by atoms with E-state index in [1.165, 1.54) is 16.5 Å². The second-order valence-electron chi connectivity index (χ2n) is 6.16. The average Bonchev–Trinajstić information content (AvgIpc) is 3.22. The molecule has 0 unspecified atom stereocenters. The summed E-state index contributed by atoms with van der Waals surface area (Å²) in [4.78, 5) is 14.2.